The fourth-order valence-corrected chi connectivity index (χ4v) is 2.95. The summed E-state index contributed by atoms with van der Waals surface area (Å²) < 4.78 is 24.8. The third-order valence-electron chi connectivity index (χ3n) is 3.26. The Kier molecular flexibility index (Phi) is 4.29. The molecule has 0 heterocycles. The highest BCUT2D eigenvalue weighted by molar-refractivity contribution is 7.84. The lowest BCUT2D eigenvalue weighted by atomic mass is 10.1. The lowest BCUT2D eigenvalue weighted by Gasteiger charge is -2.13. The van der Waals surface area contributed by atoms with Gasteiger partial charge in [-0.15, -0.1) is 0 Å². The summed E-state index contributed by atoms with van der Waals surface area (Å²) in [6, 6.07) is 5.50. The molecule has 17 heavy (non-hydrogen) atoms. The quantitative estimate of drug-likeness (QED) is 0.873. The number of benzene rings is 1. The van der Waals surface area contributed by atoms with Crippen LogP contribution in [-0.4, -0.2) is 22.3 Å². The van der Waals surface area contributed by atoms with Crippen LogP contribution in [0, 0.1) is 5.82 Å². The zero-order valence-electron chi connectivity index (χ0n) is 10.0. The number of hydrogen-bond donors (Lipinski definition) is 1. The van der Waals surface area contributed by atoms with E-state index in [1.165, 1.54) is 6.07 Å². The molecule has 1 N–H and O–H groups in total. The highest BCUT2D eigenvalue weighted by Gasteiger charge is 2.23. The molecule has 2 atom stereocenters. The predicted octanol–water partition coefficient (Wildman–Crippen LogP) is 2.17. The molecule has 1 aliphatic rings. The first-order valence-electron chi connectivity index (χ1n) is 6.08. The van der Waals surface area contributed by atoms with E-state index < -0.39 is 10.8 Å². The molecule has 2 unspecified atom stereocenters. The van der Waals surface area contributed by atoms with Gasteiger partial charge in [0.05, 0.1) is 0 Å². The second-order valence-corrected chi connectivity index (χ2v) is 6.15. The normalized spacial score (nSPS) is 20.2. The monoisotopic (exact) mass is 255 g/mol. The average Bonchev–Trinajstić information content (AvgIpc) is 2.74. The Hall–Kier alpha value is -0.740. The van der Waals surface area contributed by atoms with Gasteiger partial charge in [0.15, 0.2) is 0 Å². The van der Waals surface area contributed by atoms with E-state index in [1.807, 2.05) is 13.0 Å². The topological polar surface area (TPSA) is 29.1 Å². The Labute approximate surface area is 104 Å². The number of hydrogen-bond acceptors (Lipinski definition) is 2. The summed E-state index contributed by atoms with van der Waals surface area (Å²) in [5.41, 5.74) is 1.92. The van der Waals surface area contributed by atoms with E-state index in [1.54, 1.807) is 6.07 Å². The van der Waals surface area contributed by atoms with Crippen LogP contribution in [0.4, 0.5) is 4.39 Å². The second kappa shape index (κ2) is 5.74. The minimum Gasteiger partial charge on any atom is -0.309 e. The lowest BCUT2D eigenvalue weighted by Crippen LogP contribution is -2.24. The first kappa shape index (κ1) is 12.7. The van der Waals surface area contributed by atoms with Gasteiger partial charge in [-0.1, -0.05) is 19.1 Å². The van der Waals surface area contributed by atoms with Gasteiger partial charge in [0, 0.05) is 34.9 Å². The van der Waals surface area contributed by atoms with Crippen LogP contribution in [0.3, 0.4) is 0 Å². The van der Waals surface area contributed by atoms with Crippen LogP contribution < -0.4 is 5.32 Å². The van der Waals surface area contributed by atoms with Gasteiger partial charge < -0.3 is 5.32 Å². The zero-order chi connectivity index (χ0) is 12.3. The number of nitrogens with one attached hydrogen (secondary N) is 1. The SMILES string of the molecule is CCS(=O)CCNC1CCc2c(F)cccc21. The van der Waals surface area contributed by atoms with Crippen molar-refractivity contribution in [1.82, 2.24) is 5.32 Å². The van der Waals surface area contributed by atoms with Crippen molar-refractivity contribution >= 4 is 10.8 Å². The molecule has 0 spiro atoms. The standard InChI is InChI=1S/C13H18FNOS/c1-2-17(16)9-8-15-13-7-6-10-11(13)4-3-5-12(10)14/h3-5,13,15H,2,6-9H2,1H3. The van der Waals surface area contributed by atoms with Crippen LogP contribution in [0.25, 0.3) is 0 Å². The minimum atomic E-state index is -0.726. The van der Waals surface area contributed by atoms with Crippen LogP contribution in [0.2, 0.25) is 0 Å². The van der Waals surface area contributed by atoms with E-state index in [4.69, 9.17) is 0 Å². The molecule has 0 saturated carbocycles. The molecule has 0 amide bonds. The fourth-order valence-electron chi connectivity index (χ4n) is 2.31. The molecule has 94 valence electrons. The molecular formula is C13H18FNOS. The fraction of sp³-hybridized carbons (Fsp3) is 0.538. The van der Waals surface area contributed by atoms with E-state index in [2.05, 4.69) is 5.32 Å². The van der Waals surface area contributed by atoms with E-state index >= 15 is 0 Å². The van der Waals surface area contributed by atoms with Gasteiger partial charge >= 0.3 is 0 Å². The summed E-state index contributed by atoms with van der Waals surface area (Å²) in [6.07, 6.45) is 1.74. The Morgan fingerprint density at radius 2 is 2.35 bits per heavy atom. The average molecular weight is 255 g/mol. The van der Waals surface area contributed by atoms with Crippen LogP contribution in [0.15, 0.2) is 18.2 Å². The minimum absolute atomic E-state index is 0.0936. The van der Waals surface area contributed by atoms with Gasteiger partial charge in [-0.25, -0.2) is 4.39 Å². The molecule has 1 aromatic rings. The molecule has 2 rings (SSSR count). The van der Waals surface area contributed by atoms with Crippen molar-refractivity contribution in [2.75, 3.05) is 18.1 Å². The number of halogens is 1. The van der Waals surface area contributed by atoms with Gasteiger partial charge in [0.1, 0.15) is 5.82 Å². The largest absolute Gasteiger partial charge is 0.309 e. The van der Waals surface area contributed by atoms with Crippen molar-refractivity contribution in [3.63, 3.8) is 0 Å². The van der Waals surface area contributed by atoms with E-state index in [-0.39, 0.29) is 11.9 Å². The van der Waals surface area contributed by atoms with Crippen molar-refractivity contribution < 1.29 is 8.60 Å². The Morgan fingerprint density at radius 1 is 1.53 bits per heavy atom. The molecule has 1 aliphatic carbocycles. The number of rotatable bonds is 5. The van der Waals surface area contributed by atoms with E-state index in [9.17, 15) is 8.60 Å². The van der Waals surface area contributed by atoms with Gasteiger partial charge in [-0.05, 0) is 30.0 Å². The van der Waals surface area contributed by atoms with E-state index in [0.29, 0.717) is 11.5 Å². The Morgan fingerprint density at radius 3 is 3.12 bits per heavy atom. The highest BCUT2D eigenvalue weighted by Crippen LogP contribution is 2.32. The molecule has 2 nitrogen and oxygen atoms in total. The van der Waals surface area contributed by atoms with Crippen LogP contribution in [0.1, 0.15) is 30.5 Å². The van der Waals surface area contributed by atoms with Gasteiger partial charge in [-0.3, -0.25) is 4.21 Å². The molecule has 4 heteroatoms. The van der Waals surface area contributed by atoms with Gasteiger partial charge in [-0.2, -0.15) is 0 Å². The molecule has 0 aromatic heterocycles. The molecular weight excluding hydrogens is 237 g/mol. The van der Waals surface area contributed by atoms with Gasteiger partial charge in [0.25, 0.3) is 0 Å². The summed E-state index contributed by atoms with van der Waals surface area (Å²) in [6.45, 7) is 2.66. The van der Waals surface area contributed by atoms with Crippen molar-refractivity contribution in [3.8, 4) is 0 Å². The maximum Gasteiger partial charge on any atom is 0.126 e. The third kappa shape index (κ3) is 2.93. The highest BCUT2D eigenvalue weighted by atomic mass is 32.2. The first-order chi connectivity index (χ1) is 8.22. The third-order valence-corrected chi connectivity index (χ3v) is 4.56. The summed E-state index contributed by atoms with van der Waals surface area (Å²) in [4.78, 5) is 0. The molecule has 0 aliphatic heterocycles. The van der Waals surface area contributed by atoms with Crippen molar-refractivity contribution in [3.05, 3.63) is 35.1 Å². The van der Waals surface area contributed by atoms with Crippen molar-refractivity contribution in [2.45, 2.75) is 25.8 Å². The lowest BCUT2D eigenvalue weighted by molar-refractivity contribution is 0.549. The summed E-state index contributed by atoms with van der Waals surface area (Å²) >= 11 is 0. The zero-order valence-corrected chi connectivity index (χ0v) is 10.9. The number of fused-ring (bicyclic) bond motifs is 1. The van der Waals surface area contributed by atoms with Crippen LogP contribution in [-0.2, 0) is 17.2 Å². The molecule has 1 aromatic carbocycles. The maximum atomic E-state index is 13.5. The summed E-state index contributed by atoms with van der Waals surface area (Å²) in [7, 11) is -0.726. The maximum absolute atomic E-state index is 13.5. The smallest absolute Gasteiger partial charge is 0.126 e. The van der Waals surface area contributed by atoms with Gasteiger partial charge in [0.2, 0.25) is 0 Å². The Bertz CT molecular complexity index is 422. The second-order valence-electron chi connectivity index (χ2n) is 4.29. The molecule has 0 bridgehead atoms. The van der Waals surface area contributed by atoms with Crippen LogP contribution in [0.5, 0.6) is 0 Å². The summed E-state index contributed by atoms with van der Waals surface area (Å²) in [5.74, 6) is 1.29. The molecule has 0 fully saturated rings. The van der Waals surface area contributed by atoms with Crippen molar-refractivity contribution in [2.24, 2.45) is 0 Å². The molecule has 0 radical (unpaired) electrons. The Balaban J connectivity index is 1.94. The predicted molar refractivity (Wildman–Crippen MR) is 69.0 cm³/mol. The van der Waals surface area contributed by atoms with E-state index in [0.717, 1.165) is 30.5 Å². The summed E-state index contributed by atoms with van der Waals surface area (Å²) in [5, 5.41) is 3.37. The van der Waals surface area contributed by atoms with Crippen molar-refractivity contribution in [1.29, 1.82) is 0 Å². The first-order valence-corrected chi connectivity index (χ1v) is 7.56. The van der Waals surface area contributed by atoms with Crippen LogP contribution >= 0.6 is 0 Å². The molecule has 0 saturated heterocycles.